The summed E-state index contributed by atoms with van der Waals surface area (Å²) in [7, 11) is 1.65. The highest BCUT2D eigenvalue weighted by Gasteiger charge is 2.47. The lowest BCUT2D eigenvalue weighted by Crippen LogP contribution is -2.36. The van der Waals surface area contributed by atoms with Crippen LogP contribution < -0.4 is 5.32 Å². The number of pyridine rings is 1. The number of rotatable bonds is 6. The van der Waals surface area contributed by atoms with E-state index < -0.39 is 5.60 Å². The van der Waals surface area contributed by atoms with Gasteiger partial charge < -0.3 is 15.3 Å². The maximum absolute atomic E-state index is 12.4. The number of aryl methyl sites for hydroxylation is 1. The van der Waals surface area contributed by atoms with E-state index in [1.807, 2.05) is 25.3 Å². The van der Waals surface area contributed by atoms with Gasteiger partial charge in [0.15, 0.2) is 11.4 Å². The molecule has 4 aromatic heterocycles. The van der Waals surface area contributed by atoms with Gasteiger partial charge in [-0.15, -0.1) is 5.10 Å². The van der Waals surface area contributed by atoms with Gasteiger partial charge in [0.05, 0.1) is 29.5 Å². The highest BCUT2D eigenvalue weighted by molar-refractivity contribution is 5.87. The van der Waals surface area contributed by atoms with E-state index in [1.165, 1.54) is 15.8 Å². The number of likely N-dealkylation sites (tertiary alicyclic amines) is 1. The minimum absolute atomic E-state index is 0.199. The fourth-order valence-electron chi connectivity index (χ4n) is 3.64. The lowest BCUT2D eigenvalue weighted by Gasteiger charge is -2.17. The van der Waals surface area contributed by atoms with E-state index in [9.17, 15) is 9.90 Å². The highest BCUT2D eigenvalue weighted by Crippen LogP contribution is 2.31. The van der Waals surface area contributed by atoms with Crippen LogP contribution in [0.25, 0.3) is 17.2 Å². The molecule has 1 amide bonds. The van der Waals surface area contributed by atoms with E-state index in [2.05, 4.69) is 35.7 Å². The van der Waals surface area contributed by atoms with Gasteiger partial charge in [-0.3, -0.25) is 9.48 Å². The largest absolute Gasteiger partial charge is 0.374 e. The Morgan fingerprint density at radius 3 is 2.79 bits per heavy atom. The number of aliphatic hydroxyl groups is 1. The van der Waals surface area contributed by atoms with Gasteiger partial charge in [-0.25, -0.2) is 19.6 Å². The number of aromatic nitrogens is 8. The van der Waals surface area contributed by atoms with Gasteiger partial charge in [0.1, 0.15) is 5.69 Å². The Bertz CT molecular complexity index is 1320. The minimum atomic E-state index is -1.66. The van der Waals surface area contributed by atoms with Gasteiger partial charge in [0, 0.05) is 39.0 Å². The highest BCUT2D eigenvalue weighted by atomic mass is 16.3. The standard InChI is InChI=1S/C21H22N10O2/c1-3-30-12-14(11-23-30)24-20-22-9-7-16(26-20)15-5-4-6-18(25-15)31-13-17(27-28-31)21(33)8-10-29(2)19(21)32/h4-7,9,11-13,33H,3,8,10H2,1-2H3,(H,22,24,26)/t21-/m1/s1. The molecule has 5 heterocycles. The molecule has 1 aliphatic rings. The van der Waals surface area contributed by atoms with Crippen molar-refractivity contribution in [3.8, 4) is 17.2 Å². The van der Waals surface area contributed by atoms with Crippen LogP contribution in [0.5, 0.6) is 0 Å². The molecule has 0 aliphatic carbocycles. The lowest BCUT2D eigenvalue weighted by atomic mass is 9.99. The Labute approximate surface area is 188 Å². The SMILES string of the molecule is CCn1cc(Nc2nccc(-c3cccc(-n4cc([C@]5(O)CCN(C)C5=O)nn4)n3)n2)cn1. The van der Waals surface area contributed by atoms with Crippen molar-refractivity contribution >= 4 is 17.5 Å². The number of amides is 1. The van der Waals surface area contributed by atoms with Crippen LogP contribution in [-0.4, -0.2) is 69.2 Å². The first kappa shape index (κ1) is 20.7. The fraction of sp³-hybridized carbons (Fsp3) is 0.286. The molecule has 2 N–H and O–H groups in total. The molecule has 4 aromatic rings. The summed E-state index contributed by atoms with van der Waals surface area (Å²) in [4.78, 5) is 27.3. The van der Waals surface area contributed by atoms with Crippen molar-refractivity contribution in [2.24, 2.45) is 0 Å². The zero-order valence-electron chi connectivity index (χ0n) is 18.1. The summed E-state index contributed by atoms with van der Waals surface area (Å²) >= 11 is 0. The average molecular weight is 446 g/mol. The molecule has 0 unspecified atom stereocenters. The van der Waals surface area contributed by atoms with Crippen LogP contribution in [0.3, 0.4) is 0 Å². The van der Waals surface area contributed by atoms with E-state index in [4.69, 9.17) is 0 Å². The number of nitrogens with zero attached hydrogens (tertiary/aromatic N) is 9. The molecule has 1 fully saturated rings. The molecule has 0 saturated carbocycles. The number of carbonyl (C=O) groups is 1. The van der Waals surface area contributed by atoms with Gasteiger partial charge in [-0.05, 0) is 25.1 Å². The summed E-state index contributed by atoms with van der Waals surface area (Å²) in [6.07, 6.45) is 7.03. The quantitative estimate of drug-likeness (QED) is 0.446. The van der Waals surface area contributed by atoms with Gasteiger partial charge in [0.25, 0.3) is 5.91 Å². The molecule has 168 valence electrons. The lowest BCUT2D eigenvalue weighted by molar-refractivity contribution is -0.143. The van der Waals surface area contributed by atoms with Gasteiger partial charge in [-0.2, -0.15) is 5.10 Å². The normalized spacial score (nSPS) is 18.2. The molecule has 1 aliphatic heterocycles. The Morgan fingerprint density at radius 2 is 2.03 bits per heavy atom. The molecular weight excluding hydrogens is 424 g/mol. The second-order valence-electron chi connectivity index (χ2n) is 7.74. The summed E-state index contributed by atoms with van der Waals surface area (Å²) in [6.45, 7) is 3.24. The summed E-state index contributed by atoms with van der Waals surface area (Å²) in [5.74, 6) is 0.511. The van der Waals surface area contributed by atoms with E-state index in [1.54, 1.807) is 36.3 Å². The molecule has 0 radical (unpaired) electrons. The second kappa shape index (κ2) is 8.06. The number of nitrogens with one attached hydrogen (secondary N) is 1. The zero-order valence-corrected chi connectivity index (χ0v) is 18.1. The molecule has 0 spiro atoms. The van der Waals surface area contributed by atoms with Crippen LogP contribution in [0.4, 0.5) is 11.6 Å². The van der Waals surface area contributed by atoms with Crippen molar-refractivity contribution in [3.63, 3.8) is 0 Å². The molecule has 0 aromatic carbocycles. The predicted molar refractivity (Wildman–Crippen MR) is 118 cm³/mol. The number of likely N-dealkylation sites (N-methyl/N-ethyl adjacent to an activating group) is 1. The number of anilines is 2. The molecule has 5 rings (SSSR count). The summed E-state index contributed by atoms with van der Waals surface area (Å²) in [5, 5.41) is 26.3. The van der Waals surface area contributed by atoms with Crippen molar-refractivity contribution in [2.45, 2.75) is 25.5 Å². The van der Waals surface area contributed by atoms with Crippen molar-refractivity contribution in [3.05, 3.63) is 54.7 Å². The Hall–Kier alpha value is -4.19. The van der Waals surface area contributed by atoms with Crippen LogP contribution >= 0.6 is 0 Å². The Balaban J connectivity index is 1.40. The van der Waals surface area contributed by atoms with Gasteiger partial charge in [0.2, 0.25) is 5.95 Å². The molecule has 12 heteroatoms. The molecule has 12 nitrogen and oxygen atoms in total. The van der Waals surface area contributed by atoms with Crippen molar-refractivity contribution < 1.29 is 9.90 Å². The first-order valence-electron chi connectivity index (χ1n) is 10.5. The average Bonchev–Trinajstić information content (AvgIpc) is 3.57. The smallest absolute Gasteiger partial charge is 0.260 e. The fourth-order valence-corrected chi connectivity index (χ4v) is 3.64. The van der Waals surface area contributed by atoms with Crippen molar-refractivity contribution in [2.75, 3.05) is 18.9 Å². The second-order valence-corrected chi connectivity index (χ2v) is 7.74. The number of hydrogen-bond acceptors (Lipinski definition) is 9. The number of carbonyl (C=O) groups excluding carboxylic acids is 1. The van der Waals surface area contributed by atoms with Crippen LogP contribution in [-0.2, 0) is 16.9 Å². The van der Waals surface area contributed by atoms with E-state index in [0.29, 0.717) is 29.7 Å². The number of hydrogen-bond donors (Lipinski definition) is 2. The van der Waals surface area contributed by atoms with E-state index >= 15 is 0 Å². The van der Waals surface area contributed by atoms with Crippen LogP contribution in [0, 0.1) is 0 Å². The van der Waals surface area contributed by atoms with Crippen LogP contribution in [0.15, 0.2) is 49.1 Å². The molecule has 1 saturated heterocycles. The van der Waals surface area contributed by atoms with Crippen molar-refractivity contribution in [1.82, 2.24) is 44.6 Å². The summed E-state index contributed by atoms with van der Waals surface area (Å²) in [5.41, 5.74) is 0.545. The van der Waals surface area contributed by atoms with E-state index in [-0.39, 0.29) is 18.0 Å². The van der Waals surface area contributed by atoms with Crippen LogP contribution in [0.1, 0.15) is 19.0 Å². The third-order valence-electron chi connectivity index (χ3n) is 5.53. The third-order valence-corrected chi connectivity index (χ3v) is 5.53. The first-order valence-corrected chi connectivity index (χ1v) is 10.5. The Morgan fingerprint density at radius 1 is 1.18 bits per heavy atom. The minimum Gasteiger partial charge on any atom is -0.374 e. The maximum atomic E-state index is 12.4. The van der Waals surface area contributed by atoms with Gasteiger partial charge in [-0.1, -0.05) is 11.3 Å². The Kier molecular flexibility index (Phi) is 5.05. The topological polar surface area (TPSA) is 140 Å². The van der Waals surface area contributed by atoms with Gasteiger partial charge >= 0.3 is 0 Å². The molecule has 33 heavy (non-hydrogen) atoms. The monoisotopic (exact) mass is 446 g/mol. The predicted octanol–water partition coefficient (Wildman–Crippen LogP) is 1.13. The van der Waals surface area contributed by atoms with Crippen molar-refractivity contribution in [1.29, 1.82) is 0 Å². The summed E-state index contributed by atoms with van der Waals surface area (Å²) < 4.78 is 3.24. The molecule has 1 atom stereocenters. The first-order chi connectivity index (χ1) is 16.0. The maximum Gasteiger partial charge on any atom is 0.260 e. The summed E-state index contributed by atoms with van der Waals surface area (Å²) in [6, 6.07) is 7.16. The van der Waals surface area contributed by atoms with E-state index in [0.717, 1.165) is 12.2 Å². The third kappa shape index (κ3) is 3.80. The van der Waals surface area contributed by atoms with Crippen LogP contribution in [0.2, 0.25) is 0 Å². The molecular formula is C21H22N10O2. The zero-order chi connectivity index (χ0) is 23.0. The molecule has 0 bridgehead atoms.